The summed E-state index contributed by atoms with van der Waals surface area (Å²) in [6.45, 7) is 4.65. The van der Waals surface area contributed by atoms with Crippen molar-refractivity contribution in [2.24, 2.45) is 0 Å². The van der Waals surface area contributed by atoms with Crippen molar-refractivity contribution in [2.75, 3.05) is 6.54 Å². The highest BCUT2D eigenvalue weighted by Crippen LogP contribution is 2.37. The van der Waals surface area contributed by atoms with Gasteiger partial charge >= 0.3 is 0 Å². The molecule has 1 atom stereocenters. The highest BCUT2D eigenvalue weighted by atomic mass is 32.2. The van der Waals surface area contributed by atoms with Gasteiger partial charge in [-0.3, -0.25) is 4.40 Å². The van der Waals surface area contributed by atoms with E-state index in [-0.39, 0.29) is 15.9 Å². The SMILES string of the molecule is C[C@@H]1C=C(c2cc(S(=O)(=O)NC3(C)CC3)cn3c(-c4nnc(C(F)F)s4)cnc23)CCN1. The smallest absolute Gasteiger partial charge is 0.291 e. The van der Waals surface area contributed by atoms with Crippen LogP contribution in [0, 0.1) is 0 Å². The summed E-state index contributed by atoms with van der Waals surface area (Å²) >= 11 is 0.766. The number of hydrogen-bond donors (Lipinski definition) is 2. The molecule has 32 heavy (non-hydrogen) atoms. The maximum absolute atomic E-state index is 13.2. The first-order valence-corrected chi connectivity index (χ1v) is 12.6. The first-order valence-electron chi connectivity index (χ1n) is 10.3. The van der Waals surface area contributed by atoms with Crippen LogP contribution in [0.15, 0.2) is 29.4 Å². The zero-order chi connectivity index (χ0) is 22.7. The lowest BCUT2D eigenvalue weighted by Gasteiger charge is -2.21. The zero-order valence-electron chi connectivity index (χ0n) is 17.5. The second kappa shape index (κ2) is 7.65. The van der Waals surface area contributed by atoms with Crippen molar-refractivity contribution in [2.45, 2.75) is 56.0 Å². The fourth-order valence-electron chi connectivity index (χ4n) is 3.81. The van der Waals surface area contributed by atoms with E-state index in [9.17, 15) is 17.2 Å². The van der Waals surface area contributed by atoms with Crippen LogP contribution in [-0.4, -0.2) is 46.1 Å². The molecule has 2 aliphatic rings. The third-order valence-corrected chi connectivity index (χ3v) is 8.33. The Morgan fingerprint density at radius 3 is 2.78 bits per heavy atom. The predicted molar refractivity (Wildman–Crippen MR) is 117 cm³/mol. The highest BCUT2D eigenvalue weighted by Gasteiger charge is 2.41. The Labute approximate surface area is 187 Å². The fourth-order valence-corrected chi connectivity index (χ4v) is 6.00. The van der Waals surface area contributed by atoms with Gasteiger partial charge in [0.25, 0.3) is 6.43 Å². The van der Waals surface area contributed by atoms with Crippen molar-refractivity contribution >= 4 is 32.6 Å². The molecule has 170 valence electrons. The van der Waals surface area contributed by atoms with E-state index < -0.39 is 27.0 Å². The van der Waals surface area contributed by atoms with Gasteiger partial charge in [0.15, 0.2) is 10.0 Å². The summed E-state index contributed by atoms with van der Waals surface area (Å²) < 4.78 is 56.9. The number of aromatic nitrogens is 4. The first kappa shape index (κ1) is 21.6. The monoisotopic (exact) mass is 480 g/mol. The van der Waals surface area contributed by atoms with Crippen molar-refractivity contribution in [3.63, 3.8) is 0 Å². The van der Waals surface area contributed by atoms with Crippen molar-refractivity contribution in [3.8, 4) is 10.7 Å². The summed E-state index contributed by atoms with van der Waals surface area (Å²) in [6.07, 6.45) is 4.61. The van der Waals surface area contributed by atoms with Gasteiger partial charge in [0, 0.05) is 23.3 Å². The summed E-state index contributed by atoms with van der Waals surface area (Å²) in [5.41, 5.74) is 2.22. The molecule has 0 bridgehead atoms. The van der Waals surface area contributed by atoms with Gasteiger partial charge in [-0.05, 0) is 51.3 Å². The molecule has 8 nitrogen and oxygen atoms in total. The molecule has 1 fully saturated rings. The molecule has 0 amide bonds. The van der Waals surface area contributed by atoms with Crippen LogP contribution in [0.4, 0.5) is 8.78 Å². The Balaban J connectivity index is 1.70. The molecule has 0 spiro atoms. The molecule has 1 saturated carbocycles. The predicted octanol–water partition coefficient (Wildman–Crippen LogP) is 3.39. The van der Waals surface area contributed by atoms with Crippen LogP contribution >= 0.6 is 11.3 Å². The van der Waals surface area contributed by atoms with Gasteiger partial charge < -0.3 is 5.32 Å². The molecular weight excluding hydrogens is 458 g/mol. The zero-order valence-corrected chi connectivity index (χ0v) is 19.1. The number of hydrogen-bond acceptors (Lipinski definition) is 7. The molecule has 0 aromatic carbocycles. The molecule has 5 rings (SSSR count). The maximum Gasteiger partial charge on any atom is 0.291 e. The number of nitrogens with zero attached hydrogens (tertiary/aromatic N) is 4. The molecule has 12 heteroatoms. The van der Waals surface area contributed by atoms with Gasteiger partial charge in [0.1, 0.15) is 11.3 Å². The molecule has 0 unspecified atom stereocenters. The number of halogens is 2. The Hall–Kier alpha value is -2.28. The van der Waals surface area contributed by atoms with Crippen molar-refractivity contribution in [3.05, 3.63) is 35.1 Å². The van der Waals surface area contributed by atoms with Gasteiger partial charge in [-0.25, -0.2) is 26.9 Å². The lowest BCUT2D eigenvalue weighted by Crippen LogP contribution is -2.34. The minimum Gasteiger partial charge on any atom is -0.310 e. The van der Waals surface area contributed by atoms with E-state index in [1.54, 1.807) is 10.5 Å². The summed E-state index contributed by atoms with van der Waals surface area (Å²) in [7, 11) is -3.80. The molecule has 0 saturated heterocycles. The van der Waals surface area contributed by atoms with Crippen LogP contribution in [0.3, 0.4) is 0 Å². The number of rotatable bonds is 6. The summed E-state index contributed by atoms with van der Waals surface area (Å²) in [5, 5.41) is 10.6. The van der Waals surface area contributed by atoms with Crippen molar-refractivity contribution in [1.29, 1.82) is 0 Å². The Morgan fingerprint density at radius 2 is 2.12 bits per heavy atom. The third-order valence-electron chi connectivity index (χ3n) is 5.78. The van der Waals surface area contributed by atoms with Crippen molar-refractivity contribution in [1.82, 2.24) is 29.6 Å². The van der Waals surface area contributed by atoms with E-state index in [1.807, 2.05) is 13.8 Å². The van der Waals surface area contributed by atoms with E-state index in [2.05, 4.69) is 31.3 Å². The number of fused-ring (bicyclic) bond motifs is 1. The number of sulfonamides is 1. The average Bonchev–Trinajstić information content (AvgIpc) is 3.14. The van der Waals surface area contributed by atoms with Crippen molar-refractivity contribution < 1.29 is 17.2 Å². The average molecular weight is 481 g/mol. The maximum atomic E-state index is 13.2. The highest BCUT2D eigenvalue weighted by molar-refractivity contribution is 7.89. The van der Waals surface area contributed by atoms with Gasteiger partial charge in [-0.1, -0.05) is 17.4 Å². The van der Waals surface area contributed by atoms with E-state index >= 15 is 0 Å². The standard InChI is InChI=1S/C20H22F2N6O2S2/c1-11-7-12(3-6-23-11)14-8-13(32(29,30)27-20(2)4-5-20)10-28-15(9-24-17(14)28)18-25-26-19(31-18)16(21)22/h7-11,16,23,27H,3-6H2,1-2H3/t11-/m1/s1. The number of imidazole rings is 1. The van der Waals surface area contributed by atoms with Gasteiger partial charge in [0.2, 0.25) is 10.0 Å². The van der Waals surface area contributed by atoms with E-state index in [0.717, 1.165) is 36.3 Å². The van der Waals surface area contributed by atoms with E-state index in [4.69, 9.17) is 0 Å². The summed E-state index contributed by atoms with van der Waals surface area (Å²) in [4.78, 5) is 4.59. The van der Waals surface area contributed by atoms with E-state index in [1.165, 1.54) is 12.4 Å². The molecular formula is C20H22F2N6O2S2. The molecule has 4 heterocycles. The molecule has 2 N–H and O–H groups in total. The largest absolute Gasteiger partial charge is 0.310 e. The topological polar surface area (TPSA) is 101 Å². The first-order chi connectivity index (χ1) is 15.2. The lowest BCUT2D eigenvalue weighted by molar-refractivity contribution is 0.150. The van der Waals surface area contributed by atoms with Crippen LogP contribution in [0.25, 0.3) is 21.9 Å². The van der Waals surface area contributed by atoms with Crippen LogP contribution in [-0.2, 0) is 10.0 Å². The number of alkyl halides is 2. The molecule has 3 aromatic heterocycles. The van der Waals surface area contributed by atoms with Gasteiger partial charge in [0.05, 0.1) is 11.1 Å². The minimum absolute atomic E-state index is 0.0954. The number of nitrogens with one attached hydrogen (secondary N) is 2. The normalized spacial score (nSPS) is 20.7. The lowest BCUT2D eigenvalue weighted by atomic mass is 9.98. The Morgan fingerprint density at radius 1 is 1.34 bits per heavy atom. The minimum atomic E-state index is -3.80. The molecule has 0 radical (unpaired) electrons. The molecule has 1 aliphatic heterocycles. The second-order valence-electron chi connectivity index (χ2n) is 8.52. The van der Waals surface area contributed by atoms with Crippen LogP contribution in [0.2, 0.25) is 0 Å². The fraction of sp³-hybridized carbons (Fsp3) is 0.450. The quantitative estimate of drug-likeness (QED) is 0.561. The van der Waals surface area contributed by atoms with E-state index in [0.29, 0.717) is 23.3 Å². The van der Waals surface area contributed by atoms with Crippen LogP contribution < -0.4 is 10.0 Å². The Bertz CT molecular complexity index is 1330. The Kier molecular flexibility index (Phi) is 5.15. The molecule has 1 aliphatic carbocycles. The van der Waals surface area contributed by atoms with Crippen LogP contribution in [0.5, 0.6) is 0 Å². The third kappa shape index (κ3) is 3.96. The van der Waals surface area contributed by atoms with Crippen LogP contribution in [0.1, 0.15) is 50.1 Å². The number of pyridine rings is 1. The molecule has 3 aromatic rings. The second-order valence-corrected chi connectivity index (χ2v) is 11.2. The summed E-state index contributed by atoms with van der Waals surface area (Å²) in [6, 6.07) is 1.78. The van der Waals surface area contributed by atoms with Gasteiger partial charge in [-0.15, -0.1) is 10.2 Å². The summed E-state index contributed by atoms with van der Waals surface area (Å²) in [5.74, 6) is 0. The van der Waals surface area contributed by atoms with Gasteiger partial charge in [-0.2, -0.15) is 0 Å².